The van der Waals surface area contributed by atoms with Crippen LogP contribution < -0.4 is 15.8 Å². The first kappa shape index (κ1) is 19.6. The minimum Gasteiger partial charge on any atom is -0.434 e. The van der Waals surface area contributed by atoms with E-state index in [1.807, 2.05) is 0 Å². The SMILES string of the molecule is Nc1ccccc1NC(=O)C1CCCN(C(=O)c2ccccc2OC(F)F)C1. The number of hydrogen-bond acceptors (Lipinski definition) is 4. The van der Waals surface area contributed by atoms with Gasteiger partial charge in [-0.25, -0.2) is 0 Å². The number of anilines is 2. The summed E-state index contributed by atoms with van der Waals surface area (Å²) >= 11 is 0. The Morgan fingerprint density at radius 2 is 1.86 bits per heavy atom. The van der Waals surface area contributed by atoms with Crippen LogP contribution in [0.1, 0.15) is 23.2 Å². The fourth-order valence-corrected chi connectivity index (χ4v) is 3.23. The van der Waals surface area contributed by atoms with Crippen molar-refractivity contribution in [3.05, 3.63) is 54.1 Å². The van der Waals surface area contributed by atoms with Crippen LogP contribution in [0, 0.1) is 5.92 Å². The van der Waals surface area contributed by atoms with Gasteiger partial charge in [0.1, 0.15) is 5.75 Å². The minimum atomic E-state index is -3.02. The van der Waals surface area contributed by atoms with Crippen LogP contribution in [0.15, 0.2) is 48.5 Å². The van der Waals surface area contributed by atoms with E-state index < -0.39 is 18.4 Å². The molecule has 0 aliphatic carbocycles. The van der Waals surface area contributed by atoms with Crippen molar-refractivity contribution in [2.45, 2.75) is 19.5 Å². The number of carbonyl (C=O) groups is 2. The molecule has 0 saturated carbocycles. The molecule has 8 heteroatoms. The van der Waals surface area contributed by atoms with Crippen LogP contribution in [0.2, 0.25) is 0 Å². The van der Waals surface area contributed by atoms with Crippen LogP contribution in [0.4, 0.5) is 20.2 Å². The van der Waals surface area contributed by atoms with Crippen molar-refractivity contribution >= 4 is 23.2 Å². The lowest BCUT2D eigenvalue weighted by molar-refractivity contribution is -0.121. The number of nitrogens with one attached hydrogen (secondary N) is 1. The number of amides is 2. The molecule has 3 N–H and O–H groups in total. The highest BCUT2D eigenvalue weighted by atomic mass is 19.3. The Morgan fingerprint density at radius 1 is 1.14 bits per heavy atom. The van der Waals surface area contributed by atoms with E-state index in [2.05, 4.69) is 10.1 Å². The molecule has 1 aliphatic heterocycles. The summed E-state index contributed by atoms with van der Waals surface area (Å²) in [5.41, 5.74) is 6.88. The maximum Gasteiger partial charge on any atom is 0.387 e. The van der Waals surface area contributed by atoms with Crippen molar-refractivity contribution < 1.29 is 23.1 Å². The lowest BCUT2D eigenvalue weighted by Gasteiger charge is -2.32. The molecule has 2 aromatic rings. The van der Waals surface area contributed by atoms with E-state index in [0.29, 0.717) is 30.8 Å². The Balaban J connectivity index is 1.70. The molecule has 1 aliphatic rings. The summed E-state index contributed by atoms with van der Waals surface area (Å²) in [6.45, 7) is -2.38. The molecule has 1 unspecified atom stereocenters. The minimum absolute atomic E-state index is 0.0520. The Morgan fingerprint density at radius 3 is 2.61 bits per heavy atom. The summed E-state index contributed by atoms with van der Waals surface area (Å²) in [4.78, 5) is 26.9. The predicted octanol–water partition coefficient (Wildman–Crippen LogP) is 3.36. The van der Waals surface area contributed by atoms with Crippen LogP contribution in [-0.2, 0) is 4.79 Å². The van der Waals surface area contributed by atoms with Gasteiger partial charge >= 0.3 is 6.61 Å². The molecule has 0 bridgehead atoms. The summed E-state index contributed by atoms with van der Waals surface area (Å²) in [6, 6.07) is 12.8. The molecule has 3 rings (SSSR count). The van der Waals surface area contributed by atoms with Crippen LogP contribution >= 0.6 is 0 Å². The molecule has 1 saturated heterocycles. The Hall–Kier alpha value is -3.16. The maximum atomic E-state index is 12.8. The van der Waals surface area contributed by atoms with Crippen LogP contribution in [0.5, 0.6) is 5.75 Å². The number of hydrogen-bond donors (Lipinski definition) is 2. The average Bonchev–Trinajstić information content (AvgIpc) is 2.69. The van der Waals surface area contributed by atoms with Gasteiger partial charge in [-0.3, -0.25) is 9.59 Å². The number of ether oxygens (including phenoxy) is 1. The molecule has 1 heterocycles. The van der Waals surface area contributed by atoms with Gasteiger partial charge in [0.25, 0.3) is 5.91 Å². The number of benzene rings is 2. The van der Waals surface area contributed by atoms with E-state index in [-0.39, 0.29) is 23.8 Å². The van der Waals surface area contributed by atoms with Gasteiger partial charge in [-0.15, -0.1) is 0 Å². The summed E-state index contributed by atoms with van der Waals surface area (Å²) in [5.74, 6) is -1.26. The smallest absolute Gasteiger partial charge is 0.387 e. The largest absolute Gasteiger partial charge is 0.434 e. The molecule has 28 heavy (non-hydrogen) atoms. The summed E-state index contributed by atoms with van der Waals surface area (Å²) < 4.78 is 29.7. The number of nitrogens with zero attached hydrogens (tertiary/aromatic N) is 1. The molecule has 1 fully saturated rings. The third kappa shape index (κ3) is 4.57. The van der Waals surface area contributed by atoms with Gasteiger partial charge in [0.15, 0.2) is 0 Å². The lowest BCUT2D eigenvalue weighted by atomic mass is 9.96. The van der Waals surface area contributed by atoms with Crippen LogP contribution in [-0.4, -0.2) is 36.4 Å². The Labute approximate surface area is 161 Å². The number of alkyl halides is 2. The highest BCUT2D eigenvalue weighted by molar-refractivity contribution is 5.98. The quantitative estimate of drug-likeness (QED) is 0.768. The van der Waals surface area contributed by atoms with Gasteiger partial charge in [-0.05, 0) is 37.1 Å². The fraction of sp³-hybridized carbons (Fsp3) is 0.300. The van der Waals surface area contributed by atoms with Gasteiger partial charge in [0.05, 0.1) is 22.9 Å². The van der Waals surface area contributed by atoms with Crippen molar-refractivity contribution in [1.82, 2.24) is 4.90 Å². The van der Waals surface area contributed by atoms with Crippen LogP contribution in [0.3, 0.4) is 0 Å². The number of nitrogen functional groups attached to an aromatic ring is 1. The van der Waals surface area contributed by atoms with E-state index in [4.69, 9.17) is 5.73 Å². The number of halogens is 2. The number of carbonyl (C=O) groups excluding carboxylic acids is 2. The second-order valence-corrected chi connectivity index (χ2v) is 6.54. The second-order valence-electron chi connectivity index (χ2n) is 6.54. The van der Waals surface area contributed by atoms with Crippen molar-refractivity contribution in [3.63, 3.8) is 0 Å². The summed E-state index contributed by atoms with van der Waals surface area (Å²) in [5, 5.41) is 2.79. The second kappa shape index (κ2) is 8.69. The summed E-state index contributed by atoms with van der Waals surface area (Å²) in [7, 11) is 0. The van der Waals surface area contributed by atoms with Crippen molar-refractivity contribution in [2.24, 2.45) is 5.92 Å². The van der Waals surface area contributed by atoms with E-state index in [0.717, 1.165) is 0 Å². The number of piperidine rings is 1. The predicted molar refractivity (Wildman–Crippen MR) is 101 cm³/mol. The van der Waals surface area contributed by atoms with E-state index in [1.54, 1.807) is 30.3 Å². The standard InChI is InChI=1S/C20H21F2N3O3/c21-20(22)28-17-10-4-1-7-14(17)19(27)25-11-5-6-13(12-25)18(26)24-16-9-3-2-8-15(16)23/h1-4,7-10,13,20H,5-6,11-12,23H2,(H,24,26). The molecule has 0 aromatic heterocycles. The van der Waals surface area contributed by atoms with Gasteiger partial charge in [-0.1, -0.05) is 24.3 Å². The Kier molecular flexibility index (Phi) is 6.08. The zero-order valence-corrected chi connectivity index (χ0v) is 15.1. The highest BCUT2D eigenvalue weighted by Gasteiger charge is 2.30. The van der Waals surface area contributed by atoms with Gasteiger partial charge < -0.3 is 20.7 Å². The third-order valence-electron chi connectivity index (χ3n) is 4.63. The zero-order valence-electron chi connectivity index (χ0n) is 15.1. The highest BCUT2D eigenvalue weighted by Crippen LogP contribution is 2.26. The first-order valence-corrected chi connectivity index (χ1v) is 8.94. The first-order valence-electron chi connectivity index (χ1n) is 8.94. The molecule has 6 nitrogen and oxygen atoms in total. The zero-order chi connectivity index (χ0) is 20.1. The summed E-state index contributed by atoms with van der Waals surface area (Å²) in [6.07, 6.45) is 1.25. The normalized spacial score (nSPS) is 16.7. The van der Waals surface area contributed by atoms with Crippen molar-refractivity contribution in [1.29, 1.82) is 0 Å². The fourth-order valence-electron chi connectivity index (χ4n) is 3.23. The molecule has 0 spiro atoms. The maximum absolute atomic E-state index is 12.8. The number of rotatable bonds is 5. The van der Waals surface area contributed by atoms with Crippen LogP contribution in [0.25, 0.3) is 0 Å². The van der Waals surface area contributed by atoms with E-state index in [9.17, 15) is 18.4 Å². The molecule has 1 atom stereocenters. The topological polar surface area (TPSA) is 84.7 Å². The monoisotopic (exact) mass is 389 g/mol. The van der Waals surface area contributed by atoms with Gasteiger partial charge in [0.2, 0.25) is 5.91 Å². The molecule has 148 valence electrons. The number of likely N-dealkylation sites (tertiary alicyclic amines) is 1. The molecule has 0 radical (unpaired) electrons. The molecule has 2 aromatic carbocycles. The van der Waals surface area contributed by atoms with Gasteiger partial charge in [0, 0.05) is 13.1 Å². The molecule has 2 amide bonds. The van der Waals surface area contributed by atoms with Gasteiger partial charge in [-0.2, -0.15) is 8.78 Å². The number of nitrogens with two attached hydrogens (primary N) is 1. The van der Waals surface area contributed by atoms with Crippen molar-refractivity contribution in [2.75, 3.05) is 24.1 Å². The third-order valence-corrected chi connectivity index (χ3v) is 4.63. The van der Waals surface area contributed by atoms with E-state index >= 15 is 0 Å². The number of para-hydroxylation sites is 3. The first-order chi connectivity index (χ1) is 13.5. The lowest BCUT2D eigenvalue weighted by Crippen LogP contribution is -2.44. The molecular weight excluding hydrogens is 368 g/mol. The Bertz CT molecular complexity index is 860. The molecular formula is C20H21F2N3O3. The van der Waals surface area contributed by atoms with E-state index in [1.165, 1.54) is 23.1 Å². The van der Waals surface area contributed by atoms with Crippen molar-refractivity contribution in [3.8, 4) is 5.75 Å². The average molecular weight is 389 g/mol.